The third-order valence-corrected chi connectivity index (χ3v) is 4.79. The van der Waals surface area contributed by atoms with Gasteiger partial charge in [-0.15, -0.1) is 0 Å². The van der Waals surface area contributed by atoms with E-state index in [2.05, 4.69) is 10.5 Å². The molecule has 0 fully saturated rings. The second kappa shape index (κ2) is 10.4. The summed E-state index contributed by atoms with van der Waals surface area (Å²) in [6, 6.07) is 26.0. The number of carbonyl (C=O) groups is 2. The highest BCUT2D eigenvalue weighted by Crippen LogP contribution is 2.26. The Balaban J connectivity index is 1.65. The molecule has 152 valence electrons. The van der Waals surface area contributed by atoms with Gasteiger partial charge in [0.05, 0.1) is 5.71 Å². The van der Waals surface area contributed by atoms with Crippen LogP contribution in [0.3, 0.4) is 0 Å². The van der Waals surface area contributed by atoms with Crippen molar-refractivity contribution in [1.29, 1.82) is 0 Å². The Labute approximate surface area is 181 Å². The summed E-state index contributed by atoms with van der Waals surface area (Å²) in [7, 11) is 0. The maximum atomic E-state index is 12.9. The van der Waals surface area contributed by atoms with Crippen molar-refractivity contribution in [3.63, 3.8) is 0 Å². The standard InChI is InChI=1S/C24H22ClN3O2/c1-18(21-14-8-9-15-22(21)25)26-27-23(29)16-17-24(30)28(19-10-4-2-5-11-19)20-12-6-3-7-13-20/h2-15H,16-17H2,1H3,(H,27,29)/b26-18+. The molecule has 0 bridgehead atoms. The van der Waals surface area contributed by atoms with Crippen molar-refractivity contribution in [2.75, 3.05) is 4.90 Å². The zero-order chi connectivity index (χ0) is 21.3. The third kappa shape index (κ3) is 5.55. The number of halogens is 1. The van der Waals surface area contributed by atoms with Crippen molar-refractivity contribution in [3.05, 3.63) is 95.5 Å². The summed E-state index contributed by atoms with van der Waals surface area (Å²) in [6.45, 7) is 1.76. The predicted octanol–water partition coefficient (Wildman–Crippen LogP) is 5.33. The van der Waals surface area contributed by atoms with E-state index >= 15 is 0 Å². The van der Waals surface area contributed by atoms with Crippen molar-refractivity contribution < 1.29 is 9.59 Å². The van der Waals surface area contributed by atoms with Crippen LogP contribution in [0.5, 0.6) is 0 Å². The van der Waals surface area contributed by atoms with Crippen LogP contribution in [0.25, 0.3) is 0 Å². The number of hydrazone groups is 1. The van der Waals surface area contributed by atoms with Gasteiger partial charge in [-0.1, -0.05) is 66.2 Å². The first-order chi connectivity index (χ1) is 14.6. The molecular weight excluding hydrogens is 398 g/mol. The molecule has 3 aromatic rings. The average molecular weight is 420 g/mol. The van der Waals surface area contributed by atoms with Crippen LogP contribution < -0.4 is 10.3 Å². The lowest BCUT2D eigenvalue weighted by Crippen LogP contribution is -2.28. The van der Waals surface area contributed by atoms with Gasteiger partial charge in [0.2, 0.25) is 11.8 Å². The Morgan fingerprint density at radius 2 is 1.37 bits per heavy atom. The highest BCUT2D eigenvalue weighted by Gasteiger charge is 2.18. The first kappa shape index (κ1) is 21.3. The number of rotatable bonds is 7. The molecule has 0 aliphatic rings. The Bertz CT molecular complexity index is 997. The fourth-order valence-corrected chi connectivity index (χ4v) is 3.21. The second-order valence-electron chi connectivity index (χ2n) is 6.61. The van der Waals surface area contributed by atoms with Crippen LogP contribution >= 0.6 is 11.6 Å². The number of hydrogen-bond acceptors (Lipinski definition) is 3. The van der Waals surface area contributed by atoms with E-state index in [1.807, 2.05) is 78.9 Å². The van der Waals surface area contributed by atoms with Crippen LogP contribution in [0, 0.1) is 0 Å². The minimum Gasteiger partial charge on any atom is -0.281 e. The molecule has 0 atom stereocenters. The number of hydrogen-bond donors (Lipinski definition) is 1. The topological polar surface area (TPSA) is 61.8 Å². The molecule has 3 aromatic carbocycles. The minimum atomic E-state index is -0.337. The maximum Gasteiger partial charge on any atom is 0.240 e. The molecule has 5 nitrogen and oxygen atoms in total. The summed E-state index contributed by atoms with van der Waals surface area (Å²) < 4.78 is 0. The number of benzene rings is 3. The smallest absolute Gasteiger partial charge is 0.240 e. The normalized spacial score (nSPS) is 11.1. The van der Waals surface area contributed by atoms with E-state index in [1.165, 1.54) is 0 Å². The lowest BCUT2D eigenvalue weighted by atomic mass is 10.1. The Morgan fingerprint density at radius 3 is 1.93 bits per heavy atom. The number of amides is 2. The lowest BCUT2D eigenvalue weighted by molar-refractivity contribution is -0.124. The monoisotopic (exact) mass is 419 g/mol. The largest absolute Gasteiger partial charge is 0.281 e. The predicted molar refractivity (Wildman–Crippen MR) is 121 cm³/mol. The SMILES string of the molecule is C/C(=N\NC(=O)CCC(=O)N(c1ccccc1)c1ccccc1)c1ccccc1Cl. The fourth-order valence-electron chi connectivity index (χ4n) is 2.94. The zero-order valence-electron chi connectivity index (χ0n) is 16.6. The lowest BCUT2D eigenvalue weighted by Gasteiger charge is -2.23. The van der Waals surface area contributed by atoms with E-state index in [9.17, 15) is 9.59 Å². The van der Waals surface area contributed by atoms with Crippen LogP contribution in [0.4, 0.5) is 11.4 Å². The van der Waals surface area contributed by atoms with Gasteiger partial charge in [-0.3, -0.25) is 14.5 Å². The molecule has 30 heavy (non-hydrogen) atoms. The van der Waals surface area contributed by atoms with Crippen molar-refractivity contribution in [1.82, 2.24) is 5.43 Å². The molecule has 0 aromatic heterocycles. The molecule has 0 unspecified atom stereocenters. The quantitative estimate of drug-likeness (QED) is 0.416. The van der Waals surface area contributed by atoms with E-state index in [4.69, 9.17) is 11.6 Å². The average Bonchev–Trinajstić information content (AvgIpc) is 2.78. The van der Waals surface area contributed by atoms with Gasteiger partial charge in [-0.25, -0.2) is 5.43 Å². The summed E-state index contributed by atoms with van der Waals surface area (Å²) >= 11 is 6.14. The summed E-state index contributed by atoms with van der Waals surface area (Å²) in [4.78, 5) is 26.8. The van der Waals surface area contributed by atoms with E-state index in [-0.39, 0.29) is 24.7 Å². The molecule has 0 saturated heterocycles. The molecule has 2 amide bonds. The van der Waals surface area contributed by atoms with Gasteiger partial charge in [0.15, 0.2) is 0 Å². The second-order valence-corrected chi connectivity index (χ2v) is 7.02. The van der Waals surface area contributed by atoms with Gasteiger partial charge in [-0.2, -0.15) is 5.10 Å². The van der Waals surface area contributed by atoms with E-state index in [1.54, 1.807) is 17.9 Å². The van der Waals surface area contributed by atoms with Crippen LogP contribution in [0.2, 0.25) is 5.02 Å². The molecule has 0 radical (unpaired) electrons. The van der Waals surface area contributed by atoms with E-state index < -0.39 is 0 Å². The summed E-state index contributed by atoms with van der Waals surface area (Å²) in [5.41, 5.74) is 5.34. The molecule has 0 aliphatic heterocycles. The van der Waals surface area contributed by atoms with Crippen molar-refractivity contribution in [2.45, 2.75) is 19.8 Å². The molecule has 0 saturated carbocycles. The summed E-state index contributed by atoms with van der Waals surface area (Å²) in [5, 5.41) is 4.66. The zero-order valence-corrected chi connectivity index (χ0v) is 17.3. The van der Waals surface area contributed by atoms with Gasteiger partial charge >= 0.3 is 0 Å². The van der Waals surface area contributed by atoms with Gasteiger partial charge in [0.25, 0.3) is 0 Å². The van der Waals surface area contributed by atoms with Gasteiger partial charge in [0, 0.05) is 34.8 Å². The molecule has 6 heteroatoms. The maximum absolute atomic E-state index is 12.9. The molecular formula is C24H22ClN3O2. The number of carbonyl (C=O) groups excluding carboxylic acids is 2. The van der Waals surface area contributed by atoms with Crippen LogP contribution in [-0.2, 0) is 9.59 Å². The van der Waals surface area contributed by atoms with Crippen molar-refractivity contribution in [2.24, 2.45) is 5.10 Å². The molecule has 3 rings (SSSR count). The van der Waals surface area contributed by atoms with Gasteiger partial charge < -0.3 is 0 Å². The third-order valence-electron chi connectivity index (χ3n) is 4.46. The summed E-state index contributed by atoms with van der Waals surface area (Å²) in [6.07, 6.45) is 0.0740. The minimum absolute atomic E-state index is 0.0221. The first-order valence-electron chi connectivity index (χ1n) is 9.57. The van der Waals surface area contributed by atoms with Gasteiger partial charge in [0.1, 0.15) is 0 Å². The van der Waals surface area contributed by atoms with Crippen LogP contribution in [-0.4, -0.2) is 17.5 Å². The number of nitrogens with one attached hydrogen (secondary N) is 1. The number of nitrogens with zero attached hydrogens (tertiary/aromatic N) is 2. The first-order valence-corrected chi connectivity index (χ1v) is 9.95. The number of para-hydroxylation sites is 2. The molecule has 0 spiro atoms. The molecule has 0 heterocycles. The van der Waals surface area contributed by atoms with Crippen molar-refractivity contribution in [3.8, 4) is 0 Å². The van der Waals surface area contributed by atoms with Gasteiger partial charge in [-0.05, 0) is 37.3 Å². The summed E-state index contributed by atoms with van der Waals surface area (Å²) in [5.74, 6) is -0.509. The molecule has 1 N–H and O–H groups in total. The Morgan fingerprint density at radius 1 is 0.833 bits per heavy atom. The highest BCUT2D eigenvalue weighted by atomic mass is 35.5. The van der Waals surface area contributed by atoms with E-state index in [0.717, 1.165) is 16.9 Å². The Kier molecular flexibility index (Phi) is 7.35. The fraction of sp³-hybridized carbons (Fsp3) is 0.125. The van der Waals surface area contributed by atoms with Crippen LogP contribution in [0.15, 0.2) is 90.0 Å². The van der Waals surface area contributed by atoms with Crippen LogP contribution in [0.1, 0.15) is 25.3 Å². The Hall–Kier alpha value is -3.44. The highest BCUT2D eigenvalue weighted by molar-refractivity contribution is 6.34. The molecule has 0 aliphatic carbocycles. The van der Waals surface area contributed by atoms with Crippen molar-refractivity contribution >= 4 is 40.5 Å². The number of anilines is 2. The van der Waals surface area contributed by atoms with E-state index in [0.29, 0.717) is 10.7 Å².